The van der Waals surface area contributed by atoms with Gasteiger partial charge in [0.05, 0.1) is 5.56 Å². The van der Waals surface area contributed by atoms with E-state index < -0.39 is 38.0 Å². The molecule has 0 fully saturated rings. The highest BCUT2D eigenvalue weighted by atomic mass is 32.2. The minimum Gasteiger partial charge on any atom is -0.336 e. The highest BCUT2D eigenvalue weighted by molar-refractivity contribution is 7.89. The first-order chi connectivity index (χ1) is 9.63. The van der Waals surface area contributed by atoms with Crippen LogP contribution in [0.15, 0.2) is 17.0 Å². The van der Waals surface area contributed by atoms with Gasteiger partial charge in [-0.1, -0.05) is 6.92 Å². The van der Waals surface area contributed by atoms with E-state index in [4.69, 9.17) is 5.14 Å². The van der Waals surface area contributed by atoms with Crippen molar-refractivity contribution in [2.24, 2.45) is 5.14 Å². The second-order valence-electron chi connectivity index (χ2n) is 4.66. The maximum Gasteiger partial charge on any atom is 0.257 e. The second-order valence-corrected chi connectivity index (χ2v) is 6.19. The number of nitrogens with two attached hydrogens (primary N) is 1. The van der Waals surface area contributed by atoms with Gasteiger partial charge in [-0.25, -0.2) is 22.3 Å². The standard InChI is InChI=1S/C13H18F2N2O3S/c1-4-8(3)17(5-2)13(18)9-6-12(21(16,19)20)11(15)7-10(9)14/h6-8H,4-5H2,1-3H3,(H2,16,19,20). The van der Waals surface area contributed by atoms with Crippen LogP contribution < -0.4 is 5.14 Å². The Morgan fingerprint density at radius 3 is 2.29 bits per heavy atom. The summed E-state index contributed by atoms with van der Waals surface area (Å²) in [4.78, 5) is 12.8. The third-order valence-corrected chi connectivity index (χ3v) is 4.21. The van der Waals surface area contributed by atoms with Crippen molar-refractivity contribution >= 4 is 15.9 Å². The number of hydrogen-bond acceptors (Lipinski definition) is 3. The number of sulfonamides is 1. The van der Waals surface area contributed by atoms with Gasteiger partial charge in [0.25, 0.3) is 5.91 Å². The van der Waals surface area contributed by atoms with Crippen molar-refractivity contribution < 1.29 is 22.0 Å². The number of halogens is 2. The van der Waals surface area contributed by atoms with E-state index in [-0.39, 0.29) is 6.04 Å². The summed E-state index contributed by atoms with van der Waals surface area (Å²) in [6, 6.07) is 0.843. The molecule has 0 aliphatic heterocycles. The zero-order chi connectivity index (χ0) is 16.4. The van der Waals surface area contributed by atoms with Gasteiger partial charge < -0.3 is 4.90 Å². The predicted molar refractivity (Wildman–Crippen MR) is 74.2 cm³/mol. The Balaban J connectivity index is 3.40. The Morgan fingerprint density at radius 2 is 1.86 bits per heavy atom. The maximum atomic E-state index is 13.8. The molecule has 0 saturated heterocycles. The van der Waals surface area contributed by atoms with Gasteiger partial charge in [0.2, 0.25) is 10.0 Å². The van der Waals surface area contributed by atoms with Crippen LogP contribution in [0.25, 0.3) is 0 Å². The molecule has 21 heavy (non-hydrogen) atoms. The number of carbonyl (C=O) groups is 1. The average molecular weight is 320 g/mol. The van der Waals surface area contributed by atoms with Crippen LogP contribution in [0.5, 0.6) is 0 Å². The number of carbonyl (C=O) groups excluding carboxylic acids is 1. The summed E-state index contributed by atoms with van der Waals surface area (Å²) < 4.78 is 49.8. The normalized spacial score (nSPS) is 13.0. The quantitative estimate of drug-likeness (QED) is 0.899. The molecule has 1 aromatic rings. The predicted octanol–water partition coefficient (Wildman–Crippen LogP) is 1.87. The summed E-state index contributed by atoms with van der Waals surface area (Å²) in [5, 5.41) is 4.86. The van der Waals surface area contributed by atoms with Crippen LogP contribution in [0, 0.1) is 11.6 Å². The van der Waals surface area contributed by atoms with Crippen LogP contribution in [-0.4, -0.2) is 31.8 Å². The van der Waals surface area contributed by atoms with Gasteiger partial charge in [-0.05, 0) is 26.3 Å². The van der Waals surface area contributed by atoms with Gasteiger partial charge >= 0.3 is 0 Å². The first-order valence-corrected chi connectivity index (χ1v) is 8.00. The number of benzene rings is 1. The molecule has 0 aliphatic rings. The fourth-order valence-corrected chi connectivity index (χ4v) is 2.55. The van der Waals surface area contributed by atoms with E-state index in [1.165, 1.54) is 4.90 Å². The fourth-order valence-electron chi connectivity index (χ4n) is 1.94. The Morgan fingerprint density at radius 1 is 1.29 bits per heavy atom. The Kier molecular flexibility index (Phi) is 5.41. The summed E-state index contributed by atoms with van der Waals surface area (Å²) in [6.07, 6.45) is 0.643. The Labute approximate surface area is 122 Å². The highest BCUT2D eigenvalue weighted by Gasteiger charge is 2.26. The van der Waals surface area contributed by atoms with Crippen LogP contribution >= 0.6 is 0 Å². The average Bonchev–Trinajstić information content (AvgIpc) is 2.37. The largest absolute Gasteiger partial charge is 0.336 e. The van der Waals surface area contributed by atoms with E-state index in [0.29, 0.717) is 25.1 Å². The molecule has 0 aliphatic carbocycles. The summed E-state index contributed by atoms with van der Waals surface area (Å²) in [7, 11) is -4.38. The molecule has 8 heteroatoms. The number of amides is 1. The minimum absolute atomic E-state index is 0.162. The number of hydrogen-bond donors (Lipinski definition) is 1. The molecule has 0 heterocycles. The summed E-state index contributed by atoms with van der Waals surface area (Å²) in [5.41, 5.74) is -0.512. The van der Waals surface area contributed by atoms with Gasteiger partial charge in [0.15, 0.2) is 0 Å². The molecule has 118 valence electrons. The number of nitrogens with zero attached hydrogens (tertiary/aromatic N) is 1. The lowest BCUT2D eigenvalue weighted by Crippen LogP contribution is -2.38. The van der Waals surface area contributed by atoms with Crippen LogP contribution in [0.3, 0.4) is 0 Å². The van der Waals surface area contributed by atoms with Crippen molar-refractivity contribution in [1.29, 1.82) is 0 Å². The molecule has 0 aromatic heterocycles. The summed E-state index contributed by atoms with van der Waals surface area (Å²) >= 11 is 0. The van der Waals surface area contributed by atoms with Crippen LogP contribution in [0.4, 0.5) is 8.78 Å². The Hall–Kier alpha value is -1.54. The molecule has 1 amide bonds. The summed E-state index contributed by atoms with van der Waals surface area (Å²) in [5.74, 6) is -3.14. The van der Waals surface area contributed by atoms with Crippen molar-refractivity contribution in [2.45, 2.75) is 38.1 Å². The molecular formula is C13H18F2N2O3S. The lowest BCUT2D eigenvalue weighted by molar-refractivity contribution is 0.0694. The van der Waals surface area contributed by atoms with Crippen LogP contribution in [0.1, 0.15) is 37.6 Å². The Bertz CT molecular complexity index is 647. The molecule has 1 atom stereocenters. The van der Waals surface area contributed by atoms with Gasteiger partial charge in [-0.3, -0.25) is 4.79 Å². The minimum atomic E-state index is -4.38. The lowest BCUT2D eigenvalue weighted by atomic mass is 10.1. The van der Waals surface area contributed by atoms with E-state index in [9.17, 15) is 22.0 Å². The fraction of sp³-hybridized carbons (Fsp3) is 0.462. The van der Waals surface area contributed by atoms with Crippen molar-refractivity contribution in [2.75, 3.05) is 6.54 Å². The lowest BCUT2D eigenvalue weighted by Gasteiger charge is -2.27. The van der Waals surface area contributed by atoms with Gasteiger partial charge in [-0.2, -0.15) is 0 Å². The molecular weight excluding hydrogens is 302 g/mol. The monoisotopic (exact) mass is 320 g/mol. The summed E-state index contributed by atoms with van der Waals surface area (Å²) in [6.45, 7) is 5.67. The third kappa shape index (κ3) is 3.76. The maximum absolute atomic E-state index is 13.8. The van der Waals surface area contributed by atoms with Crippen LogP contribution in [-0.2, 0) is 10.0 Å². The first kappa shape index (κ1) is 17.5. The molecule has 1 aromatic carbocycles. The molecule has 0 spiro atoms. The zero-order valence-electron chi connectivity index (χ0n) is 12.1. The molecule has 0 saturated carbocycles. The topological polar surface area (TPSA) is 80.5 Å². The van der Waals surface area contributed by atoms with E-state index >= 15 is 0 Å². The van der Waals surface area contributed by atoms with E-state index in [1.54, 1.807) is 13.8 Å². The zero-order valence-corrected chi connectivity index (χ0v) is 12.9. The third-order valence-electron chi connectivity index (χ3n) is 3.28. The van der Waals surface area contributed by atoms with E-state index in [0.717, 1.165) is 0 Å². The van der Waals surface area contributed by atoms with Crippen molar-refractivity contribution in [3.05, 3.63) is 29.3 Å². The molecule has 5 nitrogen and oxygen atoms in total. The molecule has 0 radical (unpaired) electrons. The van der Waals surface area contributed by atoms with Gasteiger partial charge in [0, 0.05) is 18.7 Å². The SMILES string of the molecule is CCC(C)N(CC)C(=O)c1cc(S(N)(=O)=O)c(F)cc1F. The molecule has 1 rings (SSSR count). The first-order valence-electron chi connectivity index (χ1n) is 6.46. The molecule has 2 N–H and O–H groups in total. The molecule has 1 unspecified atom stereocenters. The van der Waals surface area contributed by atoms with Crippen LogP contribution in [0.2, 0.25) is 0 Å². The second kappa shape index (κ2) is 6.48. The van der Waals surface area contributed by atoms with Crippen molar-refractivity contribution in [1.82, 2.24) is 4.90 Å². The number of primary sulfonamides is 1. The van der Waals surface area contributed by atoms with Gasteiger partial charge in [-0.15, -0.1) is 0 Å². The van der Waals surface area contributed by atoms with Crippen molar-refractivity contribution in [3.63, 3.8) is 0 Å². The smallest absolute Gasteiger partial charge is 0.257 e. The number of rotatable bonds is 5. The van der Waals surface area contributed by atoms with E-state index in [1.807, 2.05) is 6.92 Å². The molecule has 0 bridgehead atoms. The highest BCUT2D eigenvalue weighted by Crippen LogP contribution is 2.21. The van der Waals surface area contributed by atoms with E-state index in [2.05, 4.69) is 0 Å². The van der Waals surface area contributed by atoms with Gasteiger partial charge in [0.1, 0.15) is 16.5 Å². The van der Waals surface area contributed by atoms with Crippen molar-refractivity contribution in [3.8, 4) is 0 Å².